The first-order valence-corrected chi connectivity index (χ1v) is 11.1. The van der Waals surface area contributed by atoms with Crippen molar-refractivity contribution in [2.45, 2.75) is 17.9 Å². The van der Waals surface area contributed by atoms with E-state index in [9.17, 15) is 8.42 Å². The van der Waals surface area contributed by atoms with Crippen molar-refractivity contribution in [3.63, 3.8) is 0 Å². The Hall–Kier alpha value is -1.93. The van der Waals surface area contributed by atoms with Gasteiger partial charge in [0.15, 0.2) is 0 Å². The fraction of sp³-hybridized carbons (Fsp3) is 0.429. The van der Waals surface area contributed by atoms with Crippen LogP contribution in [0.2, 0.25) is 0 Å². The number of nitrogens with zero attached hydrogens (tertiary/aromatic N) is 1. The highest BCUT2D eigenvalue weighted by molar-refractivity contribution is 7.89. The molecule has 0 aromatic heterocycles. The van der Waals surface area contributed by atoms with Gasteiger partial charge < -0.3 is 14.5 Å². The molecule has 0 radical (unpaired) electrons. The number of sulfonamides is 1. The molecule has 1 aliphatic heterocycles. The van der Waals surface area contributed by atoms with Crippen molar-refractivity contribution < 1.29 is 18.1 Å². The first kappa shape index (κ1) is 20.8. The summed E-state index contributed by atoms with van der Waals surface area (Å²) in [6.45, 7) is 5.38. The van der Waals surface area contributed by atoms with E-state index in [0.29, 0.717) is 24.7 Å². The fourth-order valence-electron chi connectivity index (χ4n) is 3.54. The maximum absolute atomic E-state index is 12.8. The number of benzene rings is 2. The summed E-state index contributed by atoms with van der Waals surface area (Å²) in [6.07, 6.45) is 0. The fourth-order valence-corrected chi connectivity index (χ4v) is 4.70. The van der Waals surface area contributed by atoms with Gasteiger partial charge in [-0.25, -0.2) is 13.1 Å². The Morgan fingerprint density at radius 3 is 2.39 bits per heavy atom. The predicted octanol–water partition coefficient (Wildman–Crippen LogP) is 0.996. The van der Waals surface area contributed by atoms with Crippen molar-refractivity contribution in [2.24, 2.45) is 0 Å². The minimum atomic E-state index is -3.55. The molecule has 1 aliphatic rings. The molecule has 2 aromatic rings. The molecule has 28 heavy (non-hydrogen) atoms. The molecule has 1 heterocycles. The summed E-state index contributed by atoms with van der Waals surface area (Å²) >= 11 is 0. The lowest BCUT2D eigenvalue weighted by molar-refractivity contribution is -0.937. The van der Waals surface area contributed by atoms with Crippen LogP contribution in [-0.4, -0.2) is 55.4 Å². The highest BCUT2D eigenvalue weighted by atomic mass is 32.2. The summed E-state index contributed by atoms with van der Waals surface area (Å²) in [4.78, 5) is 3.71. The SMILES string of the molecule is Cc1cccc(S(=O)(=O)NC[C@@H](c2ccc(N(C)C)cc2)[NH+]2CCOCC2)c1. The van der Waals surface area contributed by atoms with E-state index in [2.05, 4.69) is 33.9 Å². The van der Waals surface area contributed by atoms with Crippen LogP contribution in [0.3, 0.4) is 0 Å². The molecule has 0 bridgehead atoms. The van der Waals surface area contributed by atoms with Gasteiger partial charge in [0.1, 0.15) is 19.1 Å². The zero-order valence-electron chi connectivity index (χ0n) is 16.8. The van der Waals surface area contributed by atoms with Crippen LogP contribution in [0, 0.1) is 6.92 Å². The third kappa shape index (κ3) is 5.11. The minimum Gasteiger partial charge on any atom is -0.378 e. The van der Waals surface area contributed by atoms with Gasteiger partial charge in [-0.3, -0.25) is 0 Å². The van der Waals surface area contributed by atoms with E-state index >= 15 is 0 Å². The van der Waals surface area contributed by atoms with E-state index in [1.807, 2.05) is 27.1 Å². The lowest BCUT2D eigenvalue weighted by Gasteiger charge is -2.32. The lowest BCUT2D eigenvalue weighted by Crippen LogP contribution is -3.15. The highest BCUT2D eigenvalue weighted by Crippen LogP contribution is 2.17. The summed E-state index contributed by atoms with van der Waals surface area (Å²) in [5.41, 5.74) is 3.19. The molecule has 0 unspecified atom stereocenters. The quantitative estimate of drug-likeness (QED) is 0.723. The Bertz CT molecular complexity index is 876. The number of nitrogens with one attached hydrogen (secondary N) is 2. The molecule has 2 N–H and O–H groups in total. The summed E-state index contributed by atoms with van der Waals surface area (Å²) in [7, 11) is 0.470. The van der Waals surface area contributed by atoms with Crippen molar-refractivity contribution in [1.29, 1.82) is 0 Å². The Morgan fingerprint density at radius 2 is 1.79 bits per heavy atom. The summed E-state index contributed by atoms with van der Waals surface area (Å²) in [5, 5.41) is 0. The second-order valence-corrected chi connectivity index (χ2v) is 9.24. The number of hydrogen-bond donors (Lipinski definition) is 2. The normalized spacial score (nSPS) is 16.7. The monoisotopic (exact) mass is 404 g/mol. The van der Waals surface area contributed by atoms with E-state index in [-0.39, 0.29) is 6.04 Å². The molecule has 3 rings (SSSR count). The summed E-state index contributed by atoms with van der Waals surface area (Å²) in [5.74, 6) is 0. The lowest BCUT2D eigenvalue weighted by atomic mass is 10.0. The van der Waals surface area contributed by atoms with Crippen molar-refractivity contribution in [2.75, 3.05) is 51.8 Å². The third-order valence-electron chi connectivity index (χ3n) is 5.22. The smallest absolute Gasteiger partial charge is 0.240 e. The number of hydrogen-bond acceptors (Lipinski definition) is 4. The Labute approximate surface area is 168 Å². The molecule has 0 saturated carbocycles. The van der Waals surface area contributed by atoms with Crippen LogP contribution >= 0.6 is 0 Å². The topological polar surface area (TPSA) is 63.1 Å². The van der Waals surface area contributed by atoms with Gasteiger partial charge >= 0.3 is 0 Å². The van der Waals surface area contributed by atoms with E-state index in [1.165, 1.54) is 4.90 Å². The van der Waals surface area contributed by atoms with Crippen molar-refractivity contribution in [3.8, 4) is 0 Å². The summed E-state index contributed by atoms with van der Waals surface area (Å²) in [6, 6.07) is 15.4. The van der Waals surface area contributed by atoms with Gasteiger partial charge in [0.05, 0.1) is 24.7 Å². The van der Waals surface area contributed by atoms with Gasteiger partial charge in [0.25, 0.3) is 0 Å². The number of ether oxygens (including phenoxy) is 1. The Balaban J connectivity index is 1.81. The zero-order valence-corrected chi connectivity index (χ0v) is 17.6. The first-order chi connectivity index (χ1) is 13.4. The standard InChI is InChI=1S/C21H29N3O3S/c1-17-5-4-6-20(15-17)28(25,26)22-16-21(24-11-13-27-14-12-24)18-7-9-19(10-8-18)23(2)3/h4-10,15,21-22H,11-14,16H2,1-3H3/p+1/t21-/m0/s1. The molecule has 0 spiro atoms. The van der Waals surface area contributed by atoms with Crippen LogP contribution in [0.1, 0.15) is 17.2 Å². The van der Waals surface area contributed by atoms with Crippen molar-refractivity contribution >= 4 is 15.7 Å². The van der Waals surface area contributed by atoms with Crippen LogP contribution in [0.4, 0.5) is 5.69 Å². The maximum Gasteiger partial charge on any atom is 0.240 e. The van der Waals surface area contributed by atoms with Gasteiger partial charge in [-0.2, -0.15) is 0 Å². The highest BCUT2D eigenvalue weighted by Gasteiger charge is 2.28. The van der Waals surface area contributed by atoms with Gasteiger partial charge in [0, 0.05) is 25.3 Å². The zero-order chi connectivity index (χ0) is 20.1. The molecule has 1 fully saturated rings. The van der Waals surface area contributed by atoms with Crippen LogP contribution < -0.4 is 14.5 Å². The number of aryl methyl sites for hydroxylation is 1. The third-order valence-corrected chi connectivity index (χ3v) is 6.64. The minimum absolute atomic E-state index is 0.0414. The molecular weight excluding hydrogens is 374 g/mol. The van der Waals surface area contributed by atoms with Gasteiger partial charge in [-0.15, -0.1) is 0 Å². The molecule has 1 saturated heterocycles. The molecular formula is C21H30N3O3S+. The second kappa shape index (κ2) is 9.05. The second-order valence-electron chi connectivity index (χ2n) is 7.48. The van der Waals surface area contributed by atoms with E-state index in [0.717, 1.165) is 29.9 Å². The predicted molar refractivity (Wildman–Crippen MR) is 111 cm³/mol. The van der Waals surface area contributed by atoms with E-state index in [1.54, 1.807) is 18.2 Å². The first-order valence-electron chi connectivity index (χ1n) is 9.63. The maximum atomic E-state index is 12.8. The number of anilines is 1. The van der Waals surface area contributed by atoms with Crippen LogP contribution in [0.25, 0.3) is 0 Å². The molecule has 0 amide bonds. The van der Waals surface area contributed by atoms with Gasteiger partial charge in [-0.1, -0.05) is 24.3 Å². The van der Waals surface area contributed by atoms with E-state index < -0.39 is 10.0 Å². The molecule has 0 aliphatic carbocycles. The number of rotatable bonds is 7. The Morgan fingerprint density at radius 1 is 1.11 bits per heavy atom. The van der Waals surface area contributed by atoms with Gasteiger partial charge in [0.2, 0.25) is 10.0 Å². The Kier molecular flexibility index (Phi) is 6.72. The number of quaternary nitrogens is 1. The average Bonchev–Trinajstić information content (AvgIpc) is 2.69. The summed E-state index contributed by atoms with van der Waals surface area (Å²) < 4.78 is 33.9. The van der Waals surface area contributed by atoms with Crippen molar-refractivity contribution in [3.05, 3.63) is 59.7 Å². The largest absolute Gasteiger partial charge is 0.378 e. The molecule has 7 heteroatoms. The van der Waals surface area contributed by atoms with Crippen LogP contribution in [-0.2, 0) is 14.8 Å². The average molecular weight is 405 g/mol. The van der Waals surface area contributed by atoms with Crippen molar-refractivity contribution in [1.82, 2.24) is 4.72 Å². The molecule has 6 nitrogen and oxygen atoms in total. The van der Waals surface area contributed by atoms with Gasteiger partial charge in [-0.05, 0) is 36.8 Å². The van der Waals surface area contributed by atoms with Crippen LogP contribution in [0.15, 0.2) is 53.4 Å². The molecule has 1 atom stereocenters. The molecule has 2 aromatic carbocycles. The van der Waals surface area contributed by atoms with E-state index in [4.69, 9.17) is 4.74 Å². The van der Waals surface area contributed by atoms with Crippen LogP contribution in [0.5, 0.6) is 0 Å². The number of morpholine rings is 1. The molecule has 152 valence electrons.